The molecule has 0 aliphatic carbocycles. The first-order chi connectivity index (χ1) is 18.0. The third-order valence-corrected chi connectivity index (χ3v) is 6.39. The molecule has 3 rings (SSSR count). The van der Waals surface area contributed by atoms with E-state index in [9.17, 15) is 46.0 Å². The van der Waals surface area contributed by atoms with Crippen LogP contribution in [0, 0.1) is 0 Å². The zero-order valence-electron chi connectivity index (χ0n) is 20.5. The van der Waals surface area contributed by atoms with Gasteiger partial charge in [0, 0.05) is 0 Å². The van der Waals surface area contributed by atoms with Gasteiger partial charge in [0.2, 0.25) is 0 Å². The molecule has 3 aliphatic heterocycles. The Morgan fingerprint density at radius 2 is 1.53 bits per heavy atom. The molecule has 3 heterocycles. The molecule has 0 aromatic carbocycles. The van der Waals surface area contributed by atoms with Crippen molar-refractivity contribution >= 4 is 0 Å². The lowest BCUT2D eigenvalue weighted by atomic mass is 10.0. The Balaban J connectivity index is 1.86. The van der Waals surface area contributed by atoms with E-state index in [0.29, 0.717) is 0 Å². The van der Waals surface area contributed by atoms with Gasteiger partial charge in [0.05, 0.1) is 39.1 Å². The predicted octanol–water partition coefficient (Wildman–Crippen LogP) is -6.55. The Bertz CT molecular complexity index is 701. The minimum Gasteiger partial charge on any atom is -0.394 e. The maximum atomic E-state index is 10.7. The second kappa shape index (κ2) is 14.3. The molecule has 0 bridgehead atoms. The van der Waals surface area contributed by atoms with Crippen molar-refractivity contribution in [3.8, 4) is 0 Å². The molecule has 17 heteroatoms. The van der Waals surface area contributed by atoms with Crippen LogP contribution in [0.15, 0.2) is 0 Å². The van der Waals surface area contributed by atoms with Gasteiger partial charge < -0.3 is 84.2 Å². The number of aliphatic hydroxyl groups is 10. The van der Waals surface area contributed by atoms with Gasteiger partial charge in [-0.1, -0.05) is 0 Å². The van der Waals surface area contributed by atoms with E-state index in [2.05, 4.69) is 0 Å². The largest absolute Gasteiger partial charge is 0.394 e. The fourth-order valence-electron chi connectivity index (χ4n) is 4.16. The standard InChI is InChI=1S/C21H38O17/c1-7(24)11(26)19(32-3-2-22)37-16-8(25)5-34-21(36-10-6-33-18(31)14(29)13(10)28)17(16)38-20-15(30)12(27)9(4-23)35-20/h7-31H,2-6H2,1H3/t7-,8-,9+,10-,11?,12?,13?,14?,15?,16+,17?,18-,19+,20+,21+/m1/s1. The van der Waals surface area contributed by atoms with Gasteiger partial charge in [-0.25, -0.2) is 0 Å². The van der Waals surface area contributed by atoms with Crippen LogP contribution in [-0.4, -0.2) is 176 Å². The molecule has 17 nitrogen and oxygen atoms in total. The lowest BCUT2D eigenvalue weighted by molar-refractivity contribution is -0.365. The fraction of sp³-hybridized carbons (Fsp3) is 1.00. The molecule has 0 aromatic rings. The van der Waals surface area contributed by atoms with E-state index in [1.54, 1.807) is 0 Å². The molecule has 3 saturated heterocycles. The Hall–Kier alpha value is -0.680. The van der Waals surface area contributed by atoms with Crippen molar-refractivity contribution in [3.63, 3.8) is 0 Å². The molecule has 3 fully saturated rings. The molecule has 0 radical (unpaired) electrons. The summed E-state index contributed by atoms with van der Waals surface area (Å²) in [6.07, 6.45) is -23.1. The van der Waals surface area contributed by atoms with Crippen LogP contribution in [0.2, 0.25) is 0 Å². The van der Waals surface area contributed by atoms with Crippen LogP contribution >= 0.6 is 0 Å². The lowest BCUT2D eigenvalue weighted by Crippen LogP contribution is -2.62. The van der Waals surface area contributed by atoms with E-state index in [4.69, 9.17) is 38.3 Å². The fourth-order valence-corrected chi connectivity index (χ4v) is 4.16. The Morgan fingerprint density at radius 3 is 2.13 bits per heavy atom. The maximum absolute atomic E-state index is 10.7. The summed E-state index contributed by atoms with van der Waals surface area (Å²) in [5.74, 6) is 0. The molecule has 0 saturated carbocycles. The minimum atomic E-state index is -1.73. The monoisotopic (exact) mass is 562 g/mol. The van der Waals surface area contributed by atoms with E-state index < -0.39 is 119 Å². The van der Waals surface area contributed by atoms with Gasteiger partial charge in [0.15, 0.2) is 25.2 Å². The van der Waals surface area contributed by atoms with Gasteiger partial charge >= 0.3 is 0 Å². The summed E-state index contributed by atoms with van der Waals surface area (Å²) in [6, 6.07) is 0. The number of aliphatic hydroxyl groups excluding tert-OH is 10. The summed E-state index contributed by atoms with van der Waals surface area (Å²) in [4.78, 5) is 0. The van der Waals surface area contributed by atoms with Crippen molar-refractivity contribution in [2.24, 2.45) is 0 Å². The van der Waals surface area contributed by atoms with Gasteiger partial charge in [-0.2, -0.15) is 0 Å². The SMILES string of the molecule is C[C@@H](O)C(O)[C@@H](OCCO)O[C@@H]1C(O[C@@H]2O[C@@H](CO)C(O)C2O)[C@H](O[C@@H]2CO[C@@H](O)C(O)C2O)OC[C@H]1O. The number of ether oxygens (including phenoxy) is 7. The quantitative estimate of drug-likeness (QED) is 0.0990. The highest BCUT2D eigenvalue weighted by molar-refractivity contribution is 4.93. The van der Waals surface area contributed by atoms with Crippen molar-refractivity contribution in [1.82, 2.24) is 0 Å². The van der Waals surface area contributed by atoms with E-state index >= 15 is 0 Å². The number of rotatable bonds is 12. The molecule has 0 aromatic heterocycles. The lowest BCUT2D eigenvalue weighted by Gasteiger charge is -2.45. The molecule has 0 amide bonds. The van der Waals surface area contributed by atoms with E-state index in [1.165, 1.54) is 6.92 Å². The second-order valence-corrected chi connectivity index (χ2v) is 9.25. The third kappa shape index (κ3) is 7.33. The van der Waals surface area contributed by atoms with E-state index in [-0.39, 0.29) is 6.61 Å². The Labute approximate surface area is 217 Å². The van der Waals surface area contributed by atoms with Crippen LogP contribution in [0.3, 0.4) is 0 Å². The normalized spacial score (nSPS) is 44.6. The van der Waals surface area contributed by atoms with E-state index in [1.807, 2.05) is 0 Å². The van der Waals surface area contributed by atoms with Crippen LogP contribution in [0.25, 0.3) is 0 Å². The molecule has 0 spiro atoms. The van der Waals surface area contributed by atoms with Gasteiger partial charge in [-0.3, -0.25) is 0 Å². The summed E-state index contributed by atoms with van der Waals surface area (Å²) < 4.78 is 38.3. The first kappa shape index (κ1) is 31.8. The molecule has 224 valence electrons. The highest BCUT2D eigenvalue weighted by Crippen LogP contribution is 2.32. The third-order valence-electron chi connectivity index (χ3n) is 6.39. The van der Waals surface area contributed by atoms with Gasteiger partial charge in [0.25, 0.3) is 0 Å². The summed E-state index contributed by atoms with van der Waals surface area (Å²) in [5.41, 5.74) is 0. The molecule has 3 aliphatic rings. The Kier molecular flexibility index (Phi) is 12.0. The van der Waals surface area contributed by atoms with Crippen LogP contribution in [0.4, 0.5) is 0 Å². The molecular formula is C21H38O17. The Morgan fingerprint density at radius 1 is 0.816 bits per heavy atom. The zero-order chi connectivity index (χ0) is 28.1. The van der Waals surface area contributed by atoms with Gasteiger partial charge in [-0.15, -0.1) is 0 Å². The van der Waals surface area contributed by atoms with Crippen LogP contribution in [0.1, 0.15) is 6.92 Å². The molecular weight excluding hydrogens is 524 g/mol. The van der Waals surface area contributed by atoms with Crippen LogP contribution in [0.5, 0.6) is 0 Å². The second-order valence-electron chi connectivity index (χ2n) is 9.25. The predicted molar refractivity (Wildman–Crippen MR) is 117 cm³/mol. The molecule has 38 heavy (non-hydrogen) atoms. The smallest absolute Gasteiger partial charge is 0.187 e. The van der Waals surface area contributed by atoms with Crippen molar-refractivity contribution < 1.29 is 84.2 Å². The van der Waals surface area contributed by atoms with Crippen LogP contribution < -0.4 is 0 Å². The average molecular weight is 563 g/mol. The summed E-state index contributed by atoms with van der Waals surface area (Å²) in [6.45, 7) is -1.04. The average Bonchev–Trinajstić information content (AvgIpc) is 3.16. The highest BCUT2D eigenvalue weighted by atomic mass is 16.8. The van der Waals surface area contributed by atoms with Gasteiger partial charge in [0.1, 0.15) is 61.0 Å². The topological polar surface area (TPSA) is 267 Å². The molecule has 15 atom stereocenters. The first-order valence-corrected chi connectivity index (χ1v) is 12.1. The summed E-state index contributed by atoms with van der Waals surface area (Å²) in [5, 5.41) is 99.8. The first-order valence-electron chi connectivity index (χ1n) is 12.1. The van der Waals surface area contributed by atoms with E-state index in [0.717, 1.165) is 0 Å². The van der Waals surface area contributed by atoms with Crippen molar-refractivity contribution in [3.05, 3.63) is 0 Å². The van der Waals surface area contributed by atoms with Crippen molar-refractivity contribution in [2.75, 3.05) is 33.0 Å². The number of hydrogen-bond acceptors (Lipinski definition) is 17. The molecule has 6 unspecified atom stereocenters. The highest BCUT2D eigenvalue weighted by Gasteiger charge is 2.52. The summed E-state index contributed by atoms with van der Waals surface area (Å²) in [7, 11) is 0. The number of hydrogen-bond donors (Lipinski definition) is 10. The van der Waals surface area contributed by atoms with Crippen LogP contribution in [-0.2, 0) is 33.2 Å². The van der Waals surface area contributed by atoms with Crippen molar-refractivity contribution in [2.45, 2.75) is 99.2 Å². The maximum Gasteiger partial charge on any atom is 0.187 e. The summed E-state index contributed by atoms with van der Waals surface area (Å²) >= 11 is 0. The van der Waals surface area contributed by atoms with Gasteiger partial charge in [-0.05, 0) is 6.92 Å². The zero-order valence-corrected chi connectivity index (χ0v) is 20.5. The van der Waals surface area contributed by atoms with Crippen molar-refractivity contribution in [1.29, 1.82) is 0 Å². The minimum absolute atomic E-state index is 0.320. The molecule has 10 N–H and O–H groups in total.